The average Bonchev–Trinajstić information content (AvgIpc) is 3.64. The van der Waals surface area contributed by atoms with E-state index in [1.807, 2.05) is 60.7 Å². The third-order valence-corrected chi connectivity index (χ3v) is 8.96. The number of para-hydroxylation sites is 2. The Labute approximate surface area is 266 Å². The van der Waals surface area contributed by atoms with E-state index in [9.17, 15) is 9.59 Å². The molecule has 2 aromatic carbocycles. The summed E-state index contributed by atoms with van der Waals surface area (Å²) >= 11 is 1.18. The van der Waals surface area contributed by atoms with Crippen LogP contribution in [-0.4, -0.2) is 43.1 Å². The Bertz CT molecular complexity index is 1300. The van der Waals surface area contributed by atoms with Gasteiger partial charge in [-0.3, -0.25) is 9.59 Å². The molecule has 1 aliphatic rings. The molecule has 4 rings (SSSR count). The molecule has 0 fully saturated rings. The molecule has 44 heavy (non-hydrogen) atoms. The van der Waals surface area contributed by atoms with E-state index in [4.69, 9.17) is 0 Å². The zero-order chi connectivity index (χ0) is 30.8. The van der Waals surface area contributed by atoms with E-state index in [0.29, 0.717) is 23.1 Å². The van der Waals surface area contributed by atoms with Crippen molar-refractivity contribution in [2.24, 2.45) is 5.10 Å². The van der Waals surface area contributed by atoms with Crippen molar-refractivity contribution in [1.29, 1.82) is 0 Å². The molecule has 0 radical (unpaired) electrons. The number of anilines is 1. The van der Waals surface area contributed by atoms with E-state index in [1.54, 1.807) is 4.68 Å². The molecular formula is C34H47N7O2S. The van der Waals surface area contributed by atoms with Crippen LogP contribution in [-0.2, 0) is 9.59 Å². The highest BCUT2D eigenvalue weighted by molar-refractivity contribution is 8.01. The number of nitrogens with zero attached hydrogens (tertiary/aromatic N) is 6. The molecule has 1 atom stereocenters. The van der Waals surface area contributed by atoms with Crippen molar-refractivity contribution >= 4 is 35.1 Å². The van der Waals surface area contributed by atoms with Crippen molar-refractivity contribution in [1.82, 2.24) is 25.5 Å². The first-order valence-electron chi connectivity index (χ1n) is 16.4. The van der Waals surface area contributed by atoms with E-state index in [1.165, 1.54) is 93.8 Å². The van der Waals surface area contributed by atoms with Crippen LogP contribution in [0.1, 0.15) is 110 Å². The third-order valence-electron chi connectivity index (χ3n) is 7.83. The van der Waals surface area contributed by atoms with Gasteiger partial charge in [0.15, 0.2) is 11.1 Å². The summed E-state index contributed by atoms with van der Waals surface area (Å²) in [6.45, 7) is 2.27. The largest absolute Gasteiger partial charge is 0.311 e. The number of aromatic nitrogens is 4. The monoisotopic (exact) mass is 617 g/mol. The van der Waals surface area contributed by atoms with E-state index in [2.05, 4.69) is 32.9 Å². The number of amidine groups is 1. The average molecular weight is 618 g/mol. The van der Waals surface area contributed by atoms with Gasteiger partial charge in [0.2, 0.25) is 11.1 Å². The van der Waals surface area contributed by atoms with Gasteiger partial charge in [0.05, 0.1) is 11.4 Å². The van der Waals surface area contributed by atoms with Gasteiger partial charge in [0.1, 0.15) is 0 Å². The summed E-state index contributed by atoms with van der Waals surface area (Å²) in [5.41, 5.74) is 1.42. The summed E-state index contributed by atoms with van der Waals surface area (Å²) in [6.07, 6.45) is 19.6. The summed E-state index contributed by atoms with van der Waals surface area (Å²) in [4.78, 5) is 26.5. The van der Waals surface area contributed by atoms with Crippen molar-refractivity contribution in [2.75, 3.05) is 5.01 Å². The van der Waals surface area contributed by atoms with Gasteiger partial charge in [0, 0.05) is 6.42 Å². The van der Waals surface area contributed by atoms with Crippen molar-refractivity contribution in [3.8, 4) is 5.69 Å². The molecule has 0 saturated carbocycles. The standard InChI is InChI=1S/C34H47N7O2S/c1-2-3-4-5-6-7-8-9-10-11-12-13-14-15-22-27-30(42)35-32-31(33(43)40(37-32)28-23-18-16-19-24-28)44-34-36-38-39-41(34)29-25-20-17-21-26-29/h16-21,23-26,31H,2-15,22,27H2,1H3,(H,35,37,42)/t31-/m1/s1. The second-order valence-corrected chi connectivity index (χ2v) is 12.5. The van der Waals surface area contributed by atoms with E-state index < -0.39 is 5.25 Å². The lowest BCUT2D eigenvalue weighted by Crippen LogP contribution is -2.39. The molecule has 0 bridgehead atoms. The minimum absolute atomic E-state index is 0.130. The number of amides is 2. The van der Waals surface area contributed by atoms with Crippen molar-refractivity contribution in [3.05, 3.63) is 60.7 Å². The SMILES string of the molecule is CCCCCCCCCCCCCCCCCC(=O)NC1=NN(c2ccccc2)C(=O)[C@@H]1Sc1nnnn1-c1ccccc1. The number of unbranched alkanes of at least 4 members (excludes halogenated alkanes) is 14. The van der Waals surface area contributed by atoms with Gasteiger partial charge < -0.3 is 5.32 Å². The Morgan fingerprint density at radius 2 is 1.27 bits per heavy atom. The summed E-state index contributed by atoms with van der Waals surface area (Å²) in [5, 5.41) is 20.5. The molecule has 0 unspecified atom stereocenters. The number of nitrogens with one attached hydrogen (secondary N) is 1. The topological polar surface area (TPSA) is 105 Å². The quantitative estimate of drug-likeness (QED) is 0.129. The Balaban J connectivity index is 1.20. The number of tetrazole rings is 1. The van der Waals surface area contributed by atoms with Crippen LogP contribution in [0.25, 0.3) is 5.69 Å². The molecule has 0 aliphatic carbocycles. The van der Waals surface area contributed by atoms with Crippen LogP contribution in [0.3, 0.4) is 0 Å². The maximum atomic E-state index is 13.5. The maximum Gasteiger partial charge on any atom is 0.268 e. The Kier molecular flexibility index (Phi) is 14.4. The third kappa shape index (κ3) is 10.6. The highest BCUT2D eigenvalue weighted by atomic mass is 32.2. The number of hydrogen-bond acceptors (Lipinski definition) is 7. The molecule has 236 valence electrons. The predicted molar refractivity (Wildman–Crippen MR) is 178 cm³/mol. The van der Waals surface area contributed by atoms with Gasteiger partial charge in [-0.05, 0) is 41.1 Å². The molecule has 1 aliphatic heterocycles. The van der Waals surface area contributed by atoms with Crippen LogP contribution < -0.4 is 10.3 Å². The van der Waals surface area contributed by atoms with Crippen LogP contribution in [0.2, 0.25) is 0 Å². The zero-order valence-corrected chi connectivity index (χ0v) is 26.9. The molecule has 10 heteroatoms. The van der Waals surface area contributed by atoms with Gasteiger partial charge >= 0.3 is 0 Å². The first-order valence-corrected chi connectivity index (χ1v) is 17.3. The summed E-state index contributed by atoms with van der Waals surface area (Å²) in [6, 6.07) is 18.7. The second-order valence-electron chi connectivity index (χ2n) is 11.4. The smallest absolute Gasteiger partial charge is 0.268 e. The fraction of sp³-hybridized carbons (Fsp3) is 0.529. The fourth-order valence-electron chi connectivity index (χ4n) is 5.34. The lowest BCUT2D eigenvalue weighted by Gasteiger charge is -2.14. The number of rotatable bonds is 20. The lowest BCUT2D eigenvalue weighted by molar-refractivity contribution is -0.119. The van der Waals surface area contributed by atoms with Crippen molar-refractivity contribution in [3.63, 3.8) is 0 Å². The Morgan fingerprint density at radius 1 is 0.750 bits per heavy atom. The molecule has 2 heterocycles. The molecular weight excluding hydrogens is 570 g/mol. The van der Waals surface area contributed by atoms with Gasteiger partial charge in [-0.15, -0.1) is 10.2 Å². The van der Waals surface area contributed by atoms with Crippen LogP contribution in [0.5, 0.6) is 0 Å². The highest BCUT2D eigenvalue weighted by Crippen LogP contribution is 2.31. The number of benzene rings is 2. The number of carbonyl (C=O) groups is 2. The predicted octanol–water partition coefficient (Wildman–Crippen LogP) is 7.86. The highest BCUT2D eigenvalue weighted by Gasteiger charge is 2.40. The zero-order valence-electron chi connectivity index (χ0n) is 26.1. The summed E-state index contributed by atoms with van der Waals surface area (Å²) in [7, 11) is 0. The molecule has 0 spiro atoms. The Morgan fingerprint density at radius 3 is 1.84 bits per heavy atom. The van der Waals surface area contributed by atoms with E-state index in [-0.39, 0.29) is 11.8 Å². The van der Waals surface area contributed by atoms with Gasteiger partial charge in [-0.25, -0.2) is 0 Å². The minimum Gasteiger partial charge on any atom is -0.311 e. The van der Waals surface area contributed by atoms with Crippen molar-refractivity contribution < 1.29 is 9.59 Å². The first-order chi connectivity index (χ1) is 21.7. The second kappa shape index (κ2) is 19.0. The molecule has 3 aromatic rings. The number of hydrazone groups is 1. The molecule has 1 aromatic heterocycles. The van der Waals surface area contributed by atoms with Gasteiger partial charge in [-0.1, -0.05) is 145 Å². The van der Waals surface area contributed by atoms with Gasteiger partial charge in [0.25, 0.3) is 5.91 Å². The van der Waals surface area contributed by atoms with E-state index >= 15 is 0 Å². The minimum atomic E-state index is -0.784. The molecule has 0 saturated heterocycles. The van der Waals surface area contributed by atoms with E-state index in [0.717, 1.165) is 24.9 Å². The van der Waals surface area contributed by atoms with Crippen LogP contribution >= 0.6 is 11.8 Å². The number of hydrogen-bond donors (Lipinski definition) is 1. The maximum absolute atomic E-state index is 13.5. The fourth-order valence-corrected chi connectivity index (χ4v) is 6.29. The molecule has 9 nitrogen and oxygen atoms in total. The normalized spacial score (nSPS) is 14.7. The van der Waals surface area contributed by atoms with Crippen LogP contribution in [0.4, 0.5) is 5.69 Å². The molecule has 1 N–H and O–H groups in total. The van der Waals surface area contributed by atoms with Crippen LogP contribution in [0.15, 0.2) is 70.9 Å². The summed E-state index contributed by atoms with van der Waals surface area (Å²) in [5.74, 6) is -0.0853. The summed E-state index contributed by atoms with van der Waals surface area (Å²) < 4.78 is 1.58. The van der Waals surface area contributed by atoms with Crippen molar-refractivity contribution in [2.45, 2.75) is 120 Å². The van der Waals surface area contributed by atoms with Gasteiger partial charge in [-0.2, -0.15) is 9.69 Å². The number of thioether (sulfide) groups is 1. The van der Waals surface area contributed by atoms with Crippen LogP contribution in [0, 0.1) is 0 Å². The Hall–Kier alpha value is -3.53. The lowest BCUT2D eigenvalue weighted by atomic mass is 10.0. The first kappa shape index (κ1) is 33.4. The molecule has 2 amide bonds. The number of carbonyl (C=O) groups excluding carboxylic acids is 2.